The normalized spacial score (nSPS) is 17.6. The summed E-state index contributed by atoms with van der Waals surface area (Å²) in [5, 5.41) is 2.82. The number of hydrogen-bond acceptors (Lipinski definition) is 4. The van der Waals surface area contributed by atoms with Crippen LogP contribution in [-0.4, -0.2) is 50.8 Å². The van der Waals surface area contributed by atoms with Crippen LogP contribution in [-0.2, 0) is 14.8 Å². The molecule has 2 N–H and O–H groups in total. The molecule has 0 unspecified atom stereocenters. The van der Waals surface area contributed by atoms with Gasteiger partial charge in [0, 0.05) is 37.7 Å². The zero-order chi connectivity index (χ0) is 18.7. The van der Waals surface area contributed by atoms with Crippen molar-refractivity contribution in [3.05, 3.63) is 29.3 Å². The van der Waals surface area contributed by atoms with Gasteiger partial charge in [0.05, 0.1) is 4.90 Å². The van der Waals surface area contributed by atoms with Crippen molar-refractivity contribution in [3.8, 4) is 0 Å². The van der Waals surface area contributed by atoms with Crippen molar-refractivity contribution < 1.29 is 18.0 Å². The summed E-state index contributed by atoms with van der Waals surface area (Å²) in [6, 6.07) is 4.63. The Morgan fingerprint density at radius 3 is 2.73 bits per heavy atom. The number of nitrogens with zero attached hydrogens (tertiary/aromatic N) is 1. The maximum atomic E-state index is 12.4. The lowest BCUT2D eigenvalue weighted by Gasteiger charge is -2.15. The summed E-state index contributed by atoms with van der Waals surface area (Å²) < 4.78 is 27.3. The van der Waals surface area contributed by atoms with E-state index < -0.39 is 10.0 Å². The number of nitrogens with one attached hydrogen (secondary N) is 2. The monoisotopic (exact) mass is 379 g/mol. The fourth-order valence-electron chi connectivity index (χ4n) is 3.01. The number of carbonyl (C=O) groups is 2. The van der Waals surface area contributed by atoms with E-state index in [1.807, 2.05) is 4.90 Å². The van der Waals surface area contributed by atoms with Crippen molar-refractivity contribution in [1.82, 2.24) is 14.9 Å². The average molecular weight is 379 g/mol. The summed E-state index contributed by atoms with van der Waals surface area (Å²) in [6.45, 7) is 3.65. The molecule has 142 valence electrons. The molecule has 1 aliphatic carbocycles. The highest BCUT2D eigenvalue weighted by Crippen LogP contribution is 2.23. The molecule has 1 aromatic carbocycles. The molecule has 26 heavy (non-hydrogen) atoms. The van der Waals surface area contributed by atoms with Crippen LogP contribution >= 0.6 is 0 Å². The Bertz CT molecular complexity index is 803. The first-order chi connectivity index (χ1) is 12.4. The van der Waals surface area contributed by atoms with E-state index >= 15 is 0 Å². The van der Waals surface area contributed by atoms with Gasteiger partial charge in [0.15, 0.2) is 0 Å². The Balaban J connectivity index is 1.57. The van der Waals surface area contributed by atoms with Gasteiger partial charge < -0.3 is 10.2 Å². The van der Waals surface area contributed by atoms with Crippen molar-refractivity contribution in [2.24, 2.45) is 0 Å². The third-order valence-corrected chi connectivity index (χ3v) is 6.24. The molecule has 0 aromatic heterocycles. The predicted octanol–water partition coefficient (Wildman–Crippen LogP) is 1.18. The Kier molecular flexibility index (Phi) is 5.62. The van der Waals surface area contributed by atoms with Crippen LogP contribution < -0.4 is 10.0 Å². The van der Waals surface area contributed by atoms with Gasteiger partial charge in [-0.15, -0.1) is 0 Å². The minimum Gasteiger partial charge on any atom is -0.352 e. The van der Waals surface area contributed by atoms with Gasteiger partial charge in [0.2, 0.25) is 15.9 Å². The second-order valence-electron chi connectivity index (χ2n) is 6.97. The third kappa shape index (κ3) is 4.62. The van der Waals surface area contributed by atoms with Crippen LogP contribution in [0.4, 0.5) is 0 Å². The number of sulfonamides is 1. The van der Waals surface area contributed by atoms with Crippen LogP contribution in [0.5, 0.6) is 0 Å². The second-order valence-corrected chi connectivity index (χ2v) is 8.68. The van der Waals surface area contributed by atoms with Gasteiger partial charge >= 0.3 is 0 Å². The lowest BCUT2D eigenvalue weighted by Crippen LogP contribution is -2.31. The molecule has 3 rings (SSSR count). The molecule has 0 bridgehead atoms. The van der Waals surface area contributed by atoms with E-state index in [1.54, 1.807) is 13.0 Å². The van der Waals surface area contributed by atoms with E-state index in [1.165, 1.54) is 12.1 Å². The lowest BCUT2D eigenvalue weighted by molar-refractivity contribution is -0.127. The van der Waals surface area contributed by atoms with Gasteiger partial charge in [-0.1, -0.05) is 6.07 Å². The molecule has 2 aliphatic rings. The molecular formula is C18H25N3O4S. The first-order valence-corrected chi connectivity index (χ1v) is 10.5. The highest BCUT2D eigenvalue weighted by atomic mass is 32.2. The summed E-state index contributed by atoms with van der Waals surface area (Å²) in [4.78, 5) is 25.9. The lowest BCUT2D eigenvalue weighted by atomic mass is 10.1. The standard InChI is InChI=1S/C18H25N3O4S/c1-13-5-8-15(26(24,25)20-14-6-7-14)12-16(13)18(23)19-9-3-11-21-10-2-4-17(21)22/h5,8,12,14,20H,2-4,6-7,9-11H2,1H3,(H,19,23). The van der Waals surface area contributed by atoms with E-state index in [4.69, 9.17) is 0 Å². The number of benzene rings is 1. The molecule has 7 nitrogen and oxygen atoms in total. The summed E-state index contributed by atoms with van der Waals surface area (Å²) in [5.74, 6) is -0.119. The number of amides is 2. The molecule has 1 aromatic rings. The Morgan fingerprint density at radius 1 is 1.31 bits per heavy atom. The quantitative estimate of drug-likeness (QED) is 0.663. The maximum Gasteiger partial charge on any atom is 0.251 e. The molecule has 2 fully saturated rings. The topological polar surface area (TPSA) is 95.6 Å². The highest BCUT2D eigenvalue weighted by Gasteiger charge is 2.28. The van der Waals surface area contributed by atoms with Gasteiger partial charge in [-0.2, -0.15) is 0 Å². The smallest absolute Gasteiger partial charge is 0.251 e. The number of carbonyl (C=O) groups excluding carboxylic acids is 2. The molecule has 0 spiro atoms. The number of likely N-dealkylation sites (tertiary alicyclic amines) is 1. The molecule has 1 aliphatic heterocycles. The molecule has 2 amide bonds. The third-order valence-electron chi connectivity index (χ3n) is 4.72. The molecule has 0 atom stereocenters. The van der Waals surface area contributed by atoms with Crippen LogP contribution in [0.1, 0.15) is 48.0 Å². The van der Waals surface area contributed by atoms with E-state index in [-0.39, 0.29) is 22.8 Å². The van der Waals surface area contributed by atoms with Gasteiger partial charge in [0.25, 0.3) is 5.91 Å². The van der Waals surface area contributed by atoms with Crippen LogP contribution in [0.15, 0.2) is 23.1 Å². The molecule has 8 heteroatoms. The van der Waals surface area contributed by atoms with Crippen molar-refractivity contribution in [3.63, 3.8) is 0 Å². The van der Waals surface area contributed by atoms with Crippen LogP contribution in [0.2, 0.25) is 0 Å². The first-order valence-electron chi connectivity index (χ1n) is 9.06. The second kappa shape index (κ2) is 7.75. The van der Waals surface area contributed by atoms with Crippen molar-refractivity contribution >= 4 is 21.8 Å². The molecule has 1 saturated carbocycles. The minimum absolute atomic E-state index is 0.0203. The van der Waals surface area contributed by atoms with Crippen molar-refractivity contribution in [2.75, 3.05) is 19.6 Å². The van der Waals surface area contributed by atoms with Gasteiger partial charge in [-0.05, 0) is 50.3 Å². The zero-order valence-corrected chi connectivity index (χ0v) is 15.8. The van der Waals surface area contributed by atoms with Gasteiger partial charge in [0.1, 0.15) is 0 Å². The number of rotatable bonds is 8. The van der Waals surface area contributed by atoms with E-state index in [0.29, 0.717) is 31.5 Å². The molecule has 0 radical (unpaired) electrons. The SMILES string of the molecule is Cc1ccc(S(=O)(=O)NC2CC2)cc1C(=O)NCCCN1CCCC1=O. The number of aryl methyl sites for hydroxylation is 1. The zero-order valence-electron chi connectivity index (χ0n) is 15.0. The van der Waals surface area contributed by atoms with Gasteiger partial charge in [-0.3, -0.25) is 9.59 Å². The fraction of sp³-hybridized carbons (Fsp3) is 0.556. The van der Waals surface area contributed by atoms with Crippen LogP contribution in [0, 0.1) is 6.92 Å². The van der Waals surface area contributed by atoms with E-state index in [2.05, 4.69) is 10.0 Å². The summed E-state index contributed by atoms with van der Waals surface area (Å²) in [5.41, 5.74) is 1.09. The fourth-order valence-corrected chi connectivity index (χ4v) is 4.34. The average Bonchev–Trinajstić information content (AvgIpc) is 3.30. The van der Waals surface area contributed by atoms with Gasteiger partial charge in [-0.25, -0.2) is 13.1 Å². The van der Waals surface area contributed by atoms with Crippen molar-refractivity contribution in [1.29, 1.82) is 0 Å². The maximum absolute atomic E-state index is 12.4. The molecule has 1 saturated heterocycles. The highest BCUT2D eigenvalue weighted by molar-refractivity contribution is 7.89. The first kappa shape index (κ1) is 18.8. The Hall–Kier alpha value is -1.93. The summed E-state index contributed by atoms with van der Waals surface area (Å²) in [7, 11) is -3.59. The Labute approximate surface area is 154 Å². The summed E-state index contributed by atoms with van der Waals surface area (Å²) >= 11 is 0. The largest absolute Gasteiger partial charge is 0.352 e. The summed E-state index contributed by atoms with van der Waals surface area (Å²) in [6.07, 6.45) is 3.91. The van der Waals surface area contributed by atoms with Crippen LogP contribution in [0.3, 0.4) is 0 Å². The Morgan fingerprint density at radius 2 is 2.08 bits per heavy atom. The minimum atomic E-state index is -3.59. The van der Waals surface area contributed by atoms with Crippen molar-refractivity contribution in [2.45, 2.75) is 50.0 Å². The molecular weight excluding hydrogens is 354 g/mol. The predicted molar refractivity (Wildman–Crippen MR) is 97.3 cm³/mol. The van der Waals surface area contributed by atoms with Crippen LogP contribution in [0.25, 0.3) is 0 Å². The number of hydrogen-bond donors (Lipinski definition) is 2. The van der Waals surface area contributed by atoms with E-state index in [0.717, 1.165) is 31.4 Å². The molecule has 1 heterocycles. The van der Waals surface area contributed by atoms with E-state index in [9.17, 15) is 18.0 Å².